The van der Waals surface area contributed by atoms with Crippen molar-refractivity contribution in [3.8, 4) is 0 Å². The van der Waals surface area contributed by atoms with Crippen LogP contribution in [0.2, 0.25) is 0 Å². The van der Waals surface area contributed by atoms with Crippen molar-refractivity contribution in [3.63, 3.8) is 0 Å². The number of carboxylic acid groups (broad SMARTS) is 1. The van der Waals surface area contributed by atoms with Gasteiger partial charge in [0.25, 0.3) is 0 Å². The first kappa shape index (κ1) is 10.5. The summed E-state index contributed by atoms with van der Waals surface area (Å²) in [4.78, 5) is 13.7. The number of carbonyl (C=O) groups is 1. The summed E-state index contributed by atoms with van der Waals surface area (Å²) in [6.45, 7) is -0.537. The summed E-state index contributed by atoms with van der Waals surface area (Å²) >= 11 is 0. The lowest BCUT2D eigenvalue weighted by Gasteiger charge is -2.06. The molecule has 0 saturated carbocycles. The molecule has 0 amide bonds. The van der Waals surface area contributed by atoms with Crippen molar-refractivity contribution in [2.24, 2.45) is 0 Å². The molecule has 0 saturated heterocycles. The molecule has 1 N–H and O–H groups in total. The molecule has 0 atom stereocenters. The molecule has 1 aromatic heterocycles. The van der Waals surface area contributed by atoms with E-state index in [1.54, 1.807) is 0 Å². The molecule has 0 bridgehead atoms. The Balaban J connectivity index is 2.68. The van der Waals surface area contributed by atoms with Crippen LogP contribution in [0.15, 0.2) is 6.33 Å². The molecule has 0 aromatic carbocycles. The molecule has 0 radical (unpaired) electrons. The number of hydrogen-bond donors (Lipinski definition) is 1. The monoisotopic (exact) mass is 209 g/mol. The van der Waals surface area contributed by atoms with Gasteiger partial charge in [0.2, 0.25) is 5.82 Å². The molecule has 0 fully saturated rings. The van der Waals surface area contributed by atoms with E-state index >= 15 is 0 Å². The molecule has 0 aliphatic carbocycles. The first-order valence-corrected chi connectivity index (χ1v) is 3.58. The molecule has 1 aromatic rings. The molecule has 0 unspecified atom stereocenters. The van der Waals surface area contributed by atoms with Crippen molar-refractivity contribution in [3.05, 3.63) is 12.2 Å². The number of halogens is 3. The smallest absolute Gasteiger partial charge is 0.390 e. The highest BCUT2D eigenvalue weighted by Gasteiger charge is 2.27. The van der Waals surface area contributed by atoms with Crippen LogP contribution in [0.4, 0.5) is 13.2 Å². The van der Waals surface area contributed by atoms with Gasteiger partial charge in [0.1, 0.15) is 6.33 Å². The standard InChI is InChI=1S/C6H6F3N3O2/c7-6(8,9)1-2-12-4(5(13)14)10-3-11-12/h3H,1-2H2,(H,13,14). The molecular weight excluding hydrogens is 203 g/mol. The third-order valence-corrected chi connectivity index (χ3v) is 1.41. The fraction of sp³-hybridized carbons (Fsp3) is 0.500. The molecule has 78 valence electrons. The van der Waals surface area contributed by atoms with E-state index in [4.69, 9.17) is 5.11 Å². The Labute approximate surface area is 76.2 Å². The summed E-state index contributed by atoms with van der Waals surface area (Å²) < 4.78 is 36.0. The maximum atomic E-state index is 11.8. The number of nitrogens with zero attached hydrogens (tertiary/aromatic N) is 3. The molecule has 0 spiro atoms. The Morgan fingerprint density at radius 3 is 2.71 bits per heavy atom. The van der Waals surface area contributed by atoms with Crippen molar-refractivity contribution in [1.82, 2.24) is 14.8 Å². The average molecular weight is 209 g/mol. The molecule has 1 rings (SSSR count). The second kappa shape index (κ2) is 3.64. The summed E-state index contributed by atoms with van der Waals surface area (Å²) in [6, 6.07) is 0. The Kier molecular flexibility index (Phi) is 2.73. The van der Waals surface area contributed by atoms with Crippen molar-refractivity contribution in [2.45, 2.75) is 19.1 Å². The summed E-state index contributed by atoms with van der Waals surface area (Å²) in [5.41, 5.74) is 0. The molecule has 8 heteroatoms. The Hall–Kier alpha value is -1.60. The van der Waals surface area contributed by atoms with Gasteiger partial charge in [-0.05, 0) is 0 Å². The molecule has 14 heavy (non-hydrogen) atoms. The summed E-state index contributed by atoms with van der Waals surface area (Å²) in [6.07, 6.45) is -4.56. The van der Waals surface area contributed by atoms with Gasteiger partial charge in [-0.3, -0.25) is 0 Å². The van der Waals surface area contributed by atoms with Crippen molar-refractivity contribution in [2.75, 3.05) is 0 Å². The normalized spacial score (nSPS) is 11.6. The highest BCUT2D eigenvalue weighted by Crippen LogP contribution is 2.20. The number of rotatable bonds is 3. The van der Waals surface area contributed by atoms with Gasteiger partial charge >= 0.3 is 12.1 Å². The van der Waals surface area contributed by atoms with Gasteiger partial charge < -0.3 is 5.11 Å². The van der Waals surface area contributed by atoms with E-state index in [-0.39, 0.29) is 0 Å². The Morgan fingerprint density at radius 2 is 2.21 bits per heavy atom. The number of aromatic carboxylic acids is 1. The molecule has 0 aliphatic heterocycles. The van der Waals surface area contributed by atoms with E-state index in [2.05, 4.69) is 10.1 Å². The number of alkyl halides is 3. The first-order valence-electron chi connectivity index (χ1n) is 3.58. The zero-order valence-corrected chi connectivity index (χ0v) is 6.82. The van der Waals surface area contributed by atoms with E-state index in [0.717, 1.165) is 6.33 Å². The second-order valence-corrected chi connectivity index (χ2v) is 2.48. The van der Waals surface area contributed by atoms with Crippen LogP contribution >= 0.6 is 0 Å². The minimum Gasteiger partial charge on any atom is -0.475 e. The van der Waals surface area contributed by atoms with Gasteiger partial charge in [-0.15, -0.1) is 0 Å². The third-order valence-electron chi connectivity index (χ3n) is 1.41. The highest BCUT2D eigenvalue weighted by atomic mass is 19.4. The minimum atomic E-state index is -4.33. The molecule has 5 nitrogen and oxygen atoms in total. The van der Waals surface area contributed by atoms with Crippen LogP contribution in [0, 0.1) is 0 Å². The van der Waals surface area contributed by atoms with Crippen LogP contribution in [0.1, 0.15) is 17.0 Å². The van der Waals surface area contributed by atoms with Gasteiger partial charge in [-0.25, -0.2) is 14.5 Å². The number of aryl methyl sites for hydroxylation is 1. The fourth-order valence-corrected chi connectivity index (χ4v) is 0.826. The molecular formula is C6H6F3N3O2. The maximum absolute atomic E-state index is 11.8. The van der Waals surface area contributed by atoms with E-state index in [0.29, 0.717) is 4.68 Å². The third kappa shape index (κ3) is 2.71. The number of aromatic nitrogens is 3. The molecule has 0 aliphatic rings. The van der Waals surface area contributed by atoms with Crippen LogP contribution in [-0.2, 0) is 6.54 Å². The van der Waals surface area contributed by atoms with Crippen LogP contribution in [-0.4, -0.2) is 32.0 Å². The lowest BCUT2D eigenvalue weighted by atomic mass is 10.4. The van der Waals surface area contributed by atoms with Crippen molar-refractivity contribution >= 4 is 5.97 Å². The second-order valence-electron chi connectivity index (χ2n) is 2.48. The zero-order valence-electron chi connectivity index (χ0n) is 6.82. The van der Waals surface area contributed by atoms with Crippen molar-refractivity contribution in [1.29, 1.82) is 0 Å². The van der Waals surface area contributed by atoms with Crippen LogP contribution < -0.4 is 0 Å². The number of hydrogen-bond acceptors (Lipinski definition) is 3. The van der Waals surface area contributed by atoms with Gasteiger partial charge in [0, 0.05) is 0 Å². The maximum Gasteiger partial charge on any atom is 0.390 e. The quantitative estimate of drug-likeness (QED) is 0.803. The Bertz CT molecular complexity index is 333. The predicted molar refractivity (Wildman–Crippen MR) is 37.7 cm³/mol. The largest absolute Gasteiger partial charge is 0.475 e. The first-order chi connectivity index (χ1) is 6.40. The molecule has 1 heterocycles. The van der Waals surface area contributed by atoms with Gasteiger partial charge in [-0.1, -0.05) is 0 Å². The summed E-state index contributed by atoms with van der Waals surface area (Å²) in [5, 5.41) is 11.8. The minimum absolute atomic E-state index is 0.491. The summed E-state index contributed by atoms with van der Waals surface area (Å²) in [5.74, 6) is -1.89. The summed E-state index contributed by atoms with van der Waals surface area (Å²) in [7, 11) is 0. The number of carboxylic acids is 1. The zero-order chi connectivity index (χ0) is 10.8. The van der Waals surface area contributed by atoms with E-state index in [1.165, 1.54) is 0 Å². The van der Waals surface area contributed by atoms with Crippen LogP contribution in [0.25, 0.3) is 0 Å². The fourth-order valence-electron chi connectivity index (χ4n) is 0.826. The van der Waals surface area contributed by atoms with E-state index in [9.17, 15) is 18.0 Å². The average Bonchev–Trinajstić information content (AvgIpc) is 2.46. The topological polar surface area (TPSA) is 68.0 Å². The van der Waals surface area contributed by atoms with Gasteiger partial charge in [-0.2, -0.15) is 18.3 Å². The SMILES string of the molecule is O=C(O)c1ncnn1CCC(F)(F)F. The van der Waals surface area contributed by atoms with Crippen LogP contribution in [0.5, 0.6) is 0 Å². The van der Waals surface area contributed by atoms with E-state index < -0.39 is 30.9 Å². The lowest BCUT2D eigenvalue weighted by Crippen LogP contribution is -2.17. The van der Waals surface area contributed by atoms with Crippen LogP contribution in [0.3, 0.4) is 0 Å². The van der Waals surface area contributed by atoms with Gasteiger partial charge in [0.05, 0.1) is 13.0 Å². The highest BCUT2D eigenvalue weighted by molar-refractivity contribution is 5.83. The Morgan fingerprint density at radius 1 is 1.57 bits per heavy atom. The van der Waals surface area contributed by atoms with Crippen molar-refractivity contribution < 1.29 is 23.1 Å². The van der Waals surface area contributed by atoms with Gasteiger partial charge in [0.15, 0.2) is 0 Å². The lowest BCUT2D eigenvalue weighted by molar-refractivity contribution is -0.137. The van der Waals surface area contributed by atoms with E-state index in [1.807, 2.05) is 0 Å². The predicted octanol–water partition coefficient (Wildman–Crippen LogP) is 0.929.